The smallest absolute Gasteiger partial charge is 0.331 e. The molecule has 2 amide bonds. The van der Waals surface area contributed by atoms with E-state index in [0.717, 1.165) is 24.8 Å². The standard InChI is InChI=1S/C21H30N2O4/c1-20(2,3)16-10-8-15(9-11-16)18(25)22-14-17(24)23-21(19(26)27-4)12-6-5-7-13-21/h8-11H,5-7,12-14H2,1-4H3,(H,22,25)(H,23,24). The molecule has 1 fully saturated rings. The molecule has 1 aliphatic carbocycles. The lowest BCUT2D eigenvalue weighted by Gasteiger charge is -2.35. The van der Waals surface area contributed by atoms with Crippen molar-refractivity contribution in [3.8, 4) is 0 Å². The van der Waals surface area contributed by atoms with Gasteiger partial charge in [0.2, 0.25) is 5.91 Å². The summed E-state index contributed by atoms with van der Waals surface area (Å²) < 4.78 is 4.89. The molecule has 1 saturated carbocycles. The Balaban J connectivity index is 1.94. The van der Waals surface area contributed by atoms with Crippen molar-refractivity contribution in [2.75, 3.05) is 13.7 Å². The zero-order chi connectivity index (χ0) is 20.1. The van der Waals surface area contributed by atoms with Crippen LogP contribution in [-0.4, -0.2) is 37.0 Å². The lowest BCUT2D eigenvalue weighted by Crippen LogP contribution is -2.57. The van der Waals surface area contributed by atoms with Gasteiger partial charge in [0.25, 0.3) is 5.91 Å². The topological polar surface area (TPSA) is 84.5 Å². The first kappa shape index (κ1) is 20.9. The fourth-order valence-electron chi connectivity index (χ4n) is 3.43. The van der Waals surface area contributed by atoms with E-state index >= 15 is 0 Å². The molecule has 0 saturated heterocycles. The number of rotatable bonds is 5. The van der Waals surface area contributed by atoms with Gasteiger partial charge in [-0.3, -0.25) is 9.59 Å². The quantitative estimate of drug-likeness (QED) is 0.776. The van der Waals surface area contributed by atoms with E-state index in [0.29, 0.717) is 18.4 Å². The van der Waals surface area contributed by atoms with Gasteiger partial charge in [0.1, 0.15) is 5.54 Å². The third-order valence-electron chi connectivity index (χ3n) is 5.08. The van der Waals surface area contributed by atoms with Crippen LogP contribution < -0.4 is 10.6 Å². The van der Waals surface area contributed by atoms with Crippen LogP contribution in [-0.2, 0) is 19.7 Å². The summed E-state index contributed by atoms with van der Waals surface area (Å²) >= 11 is 0. The SMILES string of the molecule is COC(=O)C1(NC(=O)CNC(=O)c2ccc(C(C)(C)C)cc2)CCCCC1. The van der Waals surface area contributed by atoms with Gasteiger partial charge in [0.15, 0.2) is 0 Å². The van der Waals surface area contributed by atoms with Gasteiger partial charge in [0, 0.05) is 5.56 Å². The summed E-state index contributed by atoms with van der Waals surface area (Å²) in [6.07, 6.45) is 3.89. The van der Waals surface area contributed by atoms with Gasteiger partial charge in [-0.2, -0.15) is 0 Å². The van der Waals surface area contributed by atoms with Crippen molar-refractivity contribution in [3.63, 3.8) is 0 Å². The second-order valence-corrected chi connectivity index (χ2v) is 8.19. The number of hydrogen-bond donors (Lipinski definition) is 2. The molecule has 148 valence electrons. The van der Waals surface area contributed by atoms with Crippen LogP contribution in [0.1, 0.15) is 68.8 Å². The maximum Gasteiger partial charge on any atom is 0.331 e. The summed E-state index contributed by atoms with van der Waals surface area (Å²) in [6, 6.07) is 7.35. The van der Waals surface area contributed by atoms with Crippen LogP contribution in [0.2, 0.25) is 0 Å². The van der Waals surface area contributed by atoms with E-state index in [2.05, 4.69) is 31.4 Å². The largest absolute Gasteiger partial charge is 0.467 e. The van der Waals surface area contributed by atoms with Gasteiger partial charge in [-0.1, -0.05) is 52.2 Å². The summed E-state index contributed by atoms with van der Waals surface area (Å²) in [5.74, 6) is -1.12. The zero-order valence-electron chi connectivity index (χ0n) is 16.7. The van der Waals surface area contributed by atoms with Crippen molar-refractivity contribution < 1.29 is 19.1 Å². The molecule has 0 radical (unpaired) electrons. The Labute approximate surface area is 161 Å². The minimum atomic E-state index is -0.969. The van der Waals surface area contributed by atoms with Gasteiger partial charge < -0.3 is 15.4 Å². The maximum absolute atomic E-state index is 12.3. The highest BCUT2D eigenvalue weighted by Gasteiger charge is 2.41. The summed E-state index contributed by atoms with van der Waals surface area (Å²) in [7, 11) is 1.33. The van der Waals surface area contributed by atoms with Crippen molar-refractivity contribution in [2.45, 2.75) is 63.8 Å². The molecule has 27 heavy (non-hydrogen) atoms. The molecule has 0 aliphatic heterocycles. The highest BCUT2D eigenvalue weighted by Crippen LogP contribution is 2.29. The molecule has 0 spiro atoms. The molecule has 0 bridgehead atoms. The zero-order valence-corrected chi connectivity index (χ0v) is 16.7. The molecular formula is C21H30N2O4. The Morgan fingerprint density at radius 2 is 1.63 bits per heavy atom. The molecule has 0 atom stereocenters. The van der Waals surface area contributed by atoms with E-state index in [9.17, 15) is 14.4 Å². The number of nitrogens with one attached hydrogen (secondary N) is 2. The van der Waals surface area contributed by atoms with Gasteiger partial charge >= 0.3 is 5.97 Å². The molecule has 2 rings (SSSR count). The van der Waals surface area contributed by atoms with Gasteiger partial charge in [0.05, 0.1) is 13.7 Å². The first-order valence-electron chi connectivity index (χ1n) is 9.46. The Morgan fingerprint density at radius 3 is 2.15 bits per heavy atom. The number of carbonyl (C=O) groups is 3. The molecule has 6 nitrogen and oxygen atoms in total. The minimum Gasteiger partial charge on any atom is -0.467 e. The number of hydrogen-bond acceptors (Lipinski definition) is 4. The number of benzene rings is 1. The normalized spacial score (nSPS) is 16.3. The first-order valence-corrected chi connectivity index (χ1v) is 9.46. The predicted octanol–water partition coefficient (Wildman–Crippen LogP) is 2.71. The summed E-state index contributed by atoms with van der Waals surface area (Å²) in [5.41, 5.74) is 0.672. The summed E-state index contributed by atoms with van der Waals surface area (Å²) in [5, 5.41) is 5.41. The van der Waals surface area contributed by atoms with Crippen molar-refractivity contribution in [3.05, 3.63) is 35.4 Å². The van der Waals surface area contributed by atoms with Gasteiger partial charge in [-0.05, 0) is 36.0 Å². The second-order valence-electron chi connectivity index (χ2n) is 8.19. The second kappa shape index (κ2) is 8.55. The molecule has 6 heteroatoms. The monoisotopic (exact) mass is 374 g/mol. The Bertz CT molecular complexity index is 683. The molecule has 2 N–H and O–H groups in total. The average molecular weight is 374 g/mol. The number of carbonyl (C=O) groups excluding carboxylic acids is 3. The van der Waals surface area contributed by atoms with Crippen LogP contribution in [0.25, 0.3) is 0 Å². The van der Waals surface area contributed by atoms with Crippen molar-refractivity contribution >= 4 is 17.8 Å². The fourth-order valence-corrected chi connectivity index (χ4v) is 3.43. The molecule has 0 aromatic heterocycles. The van der Waals surface area contributed by atoms with Crippen LogP contribution in [0.3, 0.4) is 0 Å². The third-order valence-corrected chi connectivity index (χ3v) is 5.08. The number of amides is 2. The Kier molecular flexibility index (Phi) is 6.63. The molecular weight excluding hydrogens is 344 g/mol. The van der Waals surface area contributed by atoms with Crippen molar-refractivity contribution in [2.24, 2.45) is 0 Å². The number of esters is 1. The lowest BCUT2D eigenvalue weighted by atomic mass is 9.81. The van der Waals surface area contributed by atoms with Crippen LogP contribution in [0.4, 0.5) is 0 Å². The van der Waals surface area contributed by atoms with Crippen LogP contribution in [0.15, 0.2) is 24.3 Å². The van der Waals surface area contributed by atoms with Crippen molar-refractivity contribution in [1.82, 2.24) is 10.6 Å². The van der Waals surface area contributed by atoms with E-state index in [1.54, 1.807) is 12.1 Å². The predicted molar refractivity (Wildman–Crippen MR) is 103 cm³/mol. The highest BCUT2D eigenvalue weighted by atomic mass is 16.5. The van der Waals surface area contributed by atoms with Crippen LogP contribution in [0.5, 0.6) is 0 Å². The van der Waals surface area contributed by atoms with Gasteiger partial charge in [-0.25, -0.2) is 4.79 Å². The maximum atomic E-state index is 12.3. The summed E-state index contributed by atoms with van der Waals surface area (Å²) in [6.45, 7) is 6.14. The molecule has 0 unspecified atom stereocenters. The molecule has 0 heterocycles. The number of ether oxygens (including phenoxy) is 1. The van der Waals surface area contributed by atoms with Crippen LogP contribution in [0, 0.1) is 0 Å². The van der Waals surface area contributed by atoms with Crippen molar-refractivity contribution in [1.29, 1.82) is 0 Å². The van der Waals surface area contributed by atoms with E-state index in [1.807, 2.05) is 12.1 Å². The summed E-state index contributed by atoms with van der Waals surface area (Å²) in [4.78, 5) is 36.8. The Morgan fingerprint density at radius 1 is 1.04 bits per heavy atom. The first-order chi connectivity index (χ1) is 12.7. The van der Waals surface area contributed by atoms with E-state index in [1.165, 1.54) is 7.11 Å². The highest BCUT2D eigenvalue weighted by molar-refractivity contribution is 5.97. The van der Waals surface area contributed by atoms with Gasteiger partial charge in [-0.15, -0.1) is 0 Å². The average Bonchev–Trinajstić information content (AvgIpc) is 2.65. The van der Waals surface area contributed by atoms with E-state index in [4.69, 9.17) is 4.74 Å². The lowest BCUT2D eigenvalue weighted by molar-refractivity contribution is -0.152. The number of methoxy groups -OCH3 is 1. The fraction of sp³-hybridized carbons (Fsp3) is 0.571. The third kappa shape index (κ3) is 5.31. The molecule has 1 aromatic rings. The van der Waals surface area contributed by atoms with E-state index in [-0.39, 0.29) is 23.8 Å². The molecule has 1 aliphatic rings. The molecule has 1 aromatic carbocycles. The Hall–Kier alpha value is -2.37. The van der Waals surface area contributed by atoms with Crippen LogP contribution >= 0.6 is 0 Å². The van der Waals surface area contributed by atoms with E-state index < -0.39 is 11.5 Å². The minimum absolute atomic E-state index is 0.0110.